The molecule has 1 heterocycles. The van der Waals surface area contributed by atoms with Crippen molar-refractivity contribution in [2.75, 3.05) is 28.4 Å². The normalized spacial score (nSPS) is 18.3. The van der Waals surface area contributed by atoms with Crippen molar-refractivity contribution in [1.82, 2.24) is 16.3 Å². The smallest absolute Gasteiger partial charge is 0.258 e. The third kappa shape index (κ3) is 4.81. The largest absolute Gasteiger partial charge is 0.497 e. The van der Waals surface area contributed by atoms with Crippen molar-refractivity contribution >= 4 is 12.1 Å². The summed E-state index contributed by atoms with van der Waals surface area (Å²) in [7, 11) is 6.27. The molecule has 160 valence electrons. The van der Waals surface area contributed by atoms with Gasteiger partial charge in [-0.15, -0.1) is 0 Å². The predicted molar refractivity (Wildman–Crippen MR) is 112 cm³/mol. The van der Waals surface area contributed by atoms with Gasteiger partial charge in [-0.2, -0.15) is 5.10 Å². The molecule has 1 aliphatic rings. The van der Waals surface area contributed by atoms with Gasteiger partial charge in [-0.05, 0) is 30.2 Å². The second-order valence-corrected chi connectivity index (χ2v) is 6.59. The molecular weight excluding hydrogens is 388 g/mol. The predicted octanol–water partition coefficient (Wildman–Crippen LogP) is 1.78. The zero-order valence-electron chi connectivity index (χ0n) is 17.4. The number of nitrogens with zero attached hydrogens (tertiary/aromatic N) is 1. The van der Waals surface area contributed by atoms with E-state index in [1.807, 2.05) is 24.3 Å². The van der Waals surface area contributed by atoms with Crippen molar-refractivity contribution in [2.45, 2.75) is 18.5 Å². The summed E-state index contributed by atoms with van der Waals surface area (Å²) < 4.78 is 21.1. The molecule has 1 fully saturated rings. The number of hydrazine groups is 1. The zero-order chi connectivity index (χ0) is 21.5. The van der Waals surface area contributed by atoms with Gasteiger partial charge in [0.2, 0.25) is 0 Å². The standard InChI is InChI=1S/C21H26N4O5/c1-27-15-7-5-13(6-8-15)16-10-17(24-23-16)21(26)25-22-12-14-9-19(29-3)20(30-4)11-18(14)28-2/h5-9,11-12,16-17,23-24H,10H2,1-4H3,(H,25,26)/b22-12+. The lowest BCUT2D eigenvalue weighted by atomic mass is 10.0. The van der Waals surface area contributed by atoms with Gasteiger partial charge < -0.3 is 18.9 Å². The van der Waals surface area contributed by atoms with Crippen LogP contribution < -0.4 is 35.2 Å². The first kappa shape index (κ1) is 21.4. The maximum absolute atomic E-state index is 12.5. The Labute approximate surface area is 175 Å². The maximum atomic E-state index is 12.5. The van der Waals surface area contributed by atoms with E-state index < -0.39 is 6.04 Å². The van der Waals surface area contributed by atoms with Crippen LogP contribution in [0, 0.1) is 0 Å². The van der Waals surface area contributed by atoms with Crippen molar-refractivity contribution in [3.05, 3.63) is 47.5 Å². The second kappa shape index (κ2) is 9.95. The van der Waals surface area contributed by atoms with E-state index >= 15 is 0 Å². The first-order chi connectivity index (χ1) is 14.6. The second-order valence-electron chi connectivity index (χ2n) is 6.59. The Morgan fingerprint density at radius 2 is 1.63 bits per heavy atom. The Balaban J connectivity index is 1.61. The van der Waals surface area contributed by atoms with Crippen LogP contribution in [0.3, 0.4) is 0 Å². The molecule has 30 heavy (non-hydrogen) atoms. The number of hydrogen-bond donors (Lipinski definition) is 3. The Hall–Kier alpha value is -3.30. The first-order valence-electron chi connectivity index (χ1n) is 9.37. The van der Waals surface area contributed by atoms with E-state index in [0.29, 0.717) is 29.2 Å². The third-order valence-electron chi connectivity index (χ3n) is 4.85. The van der Waals surface area contributed by atoms with Gasteiger partial charge in [0.1, 0.15) is 17.5 Å². The molecule has 0 aromatic heterocycles. The van der Waals surface area contributed by atoms with Crippen LogP contribution in [0.4, 0.5) is 0 Å². The van der Waals surface area contributed by atoms with Gasteiger partial charge in [-0.3, -0.25) is 4.79 Å². The number of ether oxygens (including phenoxy) is 4. The lowest BCUT2D eigenvalue weighted by Gasteiger charge is -2.12. The molecule has 0 aliphatic carbocycles. The SMILES string of the molecule is COc1ccc(C2CC(C(=O)N/N=C/c3cc(OC)c(OC)cc3OC)NN2)cc1. The topological polar surface area (TPSA) is 102 Å². The van der Waals surface area contributed by atoms with Gasteiger partial charge in [0.05, 0.1) is 34.7 Å². The fourth-order valence-electron chi connectivity index (χ4n) is 3.18. The Morgan fingerprint density at radius 1 is 0.967 bits per heavy atom. The fourth-order valence-corrected chi connectivity index (χ4v) is 3.18. The number of carbonyl (C=O) groups is 1. The number of rotatable bonds is 8. The highest BCUT2D eigenvalue weighted by Crippen LogP contribution is 2.33. The van der Waals surface area contributed by atoms with E-state index in [1.54, 1.807) is 40.6 Å². The fraction of sp³-hybridized carbons (Fsp3) is 0.333. The average molecular weight is 414 g/mol. The quantitative estimate of drug-likeness (QED) is 0.447. The van der Waals surface area contributed by atoms with Gasteiger partial charge in [0, 0.05) is 17.7 Å². The van der Waals surface area contributed by atoms with E-state index in [0.717, 1.165) is 11.3 Å². The molecule has 2 atom stereocenters. The van der Waals surface area contributed by atoms with Crippen LogP contribution in [0.25, 0.3) is 0 Å². The molecule has 0 bridgehead atoms. The number of hydrogen-bond acceptors (Lipinski definition) is 8. The molecule has 3 rings (SSSR count). The molecule has 0 radical (unpaired) electrons. The highest BCUT2D eigenvalue weighted by Gasteiger charge is 2.30. The van der Waals surface area contributed by atoms with E-state index in [4.69, 9.17) is 18.9 Å². The lowest BCUT2D eigenvalue weighted by Crippen LogP contribution is -2.41. The van der Waals surface area contributed by atoms with Crippen LogP contribution >= 0.6 is 0 Å². The molecule has 0 spiro atoms. The number of hydrazone groups is 1. The summed E-state index contributed by atoms with van der Waals surface area (Å²) in [6, 6.07) is 10.8. The monoisotopic (exact) mass is 414 g/mol. The van der Waals surface area contributed by atoms with E-state index in [2.05, 4.69) is 21.4 Å². The number of methoxy groups -OCH3 is 4. The Morgan fingerprint density at radius 3 is 2.27 bits per heavy atom. The van der Waals surface area contributed by atoms with Gasteiger partial charge in [0.15, 0.2) is 11.5 Å². The van der Waals surface area contributed by atoms with Crippen molar-refractivity contribution in [1.29, 1.82) is 0 Å². The van der Waals surface area contributed by atoms with Crippen molar-refractivity contribution < 1.29 is 23.7 Å². The molecule has 1 saturated heterocycles. The van der Waals surface area contributed by atoms with E-state index in [-0.39, 0.29) is 11.9 Å². The maximum Gasteiger partial charge on any atom is 0.258 e. The summed E-state index contributed by atoms with van der Waals surface area (Å²) >= 11 is 0. The molecule has 0 saturated carbocycles. The summed E-state index contributed by atoms with van der Waals surface area (Å²) in [5, 5.41) is 4.06. The van der Waals surface area contributed by atoms with Crippen LogP contribution in [0.5, 0.6) is 23.0 Å². The molecule has 1 aliphatic heterocycles. The summed E-state index contributed by atoms with van der Waals surface area (Å²) in [4.78, 5) is 12.5. The number of carbonyl (C=O) groups excluding carboxylic acids is 1. The lowest BCUT2D eigenvalue weighted by molar-refractivity contribution is -0.122. The molecular formula is C21H26N4O5. The van der Waals surface area contributed by atoms with E-state index in [9.17, 15) is 4.79 Å². The first-order valence-corrected chi connectivity index (χ1v) is 9.37. The third-order valence-corrected chi connectivity index (χ3v) is 4.85. The summed E-state index contributed by atoms with van der Waals surface area (Å²) in [6.45, 7) is 0. The molecule has 2 aromatic carbocycles. The average Bonchev–Trinajstić information content (AvgIpc) is 3.29. The van der Waals surface area contributed by atoms with Crippen LogP contribution in [-0.4, -0.2) is 46.6 Å². The molecule has 9 nitrogen and oxygen atoms in total. The van der Waals surface area contributed by atoms with Crippen LogP contribution in [0.15, 0.2) is 41.5 Å². The summed E-state index contributed by atoms with van der Waals surface area (Å²) in [5.41, 5.74) is 10.4. The molecule has 9 heteroatoms. The molecule has 2 aromatic rings. The van der Waals surface area contributed by atoms with Gasteiger partial charge in [0.25, 0.3) is 5.91 Å². The number of benzene rings is 2. The minimum atomic E-state index is -0.415. The van der Waals surface area contributed by atoms with Crippen LogP contribution in [0.2, 0.25) is 0 Å². The molecule has 1 amide bonds. The zero-order valence-corrected chi connectivity index (χ0v) is 17.4. The van der Waals surface area contributed by atoms with Crippen molar-refractivity contribution in [3.8, 4) is 23.0 Å². The summed E-state index contributed by atoms with van der Waals surface area (Å²) in [5.74, 6) is 2.18. The van der Waals surface area contributed by atoms with Crippen LogP contribution in [-0.2, 0) is 4.79 Å². The van der Waals surface area contributed by atoms with Crippen LogP contribution in [0.1, 0.15) is 23.6 Å². The van der Waals surface area contributed by atoms with Crippen molar-refractivity contribution in [2.24, 2.45) is 5.10 Å². The highest BCUT2D eigenvalue weighted by molar-refractivity contribution is 5.87. The molecule has 2 unspecified atom stereocenters. The number of amides is 1. The Bertz CT molecular complexity index is 901. The Kier molecular flexibility index (Phi) is 7.10. The van der Waals surface area contributed by atoms with Gasteiger partial charge >= 0.3 is 0 Å². The summed E-state index contributed by atoms with van der Waals surface area (Å²) in [6.07, 6.45) is 2.09. The highest BCUT2D eigenvalue weighted by atomic mass is 16.5. The van der Waals surface area contributed by atoms with Crippen molar-refractivity contribution in [3.63, 3.8) is 0 Å². The van der Waals surface area contributed by atoms with Gasteiger partial charge in [-0.25, -0.2) is 16.3 Å². The minimum absolute atomic E-state index is 0.0154. The minimum Gasteiger partial charge on any atom is -0.497 e. The van der Waals surface area contributed by atoms with E-state index in [1.165, 1.54) is 6.21 Å². The van der Waals surface area contributed by atoms with Gasteiger partial charge in [-0.1, -0.05) is 12.1 Å². The molecule has 3 N–H and O–H groups in total. The number of nitrogens with one attached hydrogen (secondary N) is 3.